The highest BCUT2D eigenvalue weighted by atomic mass is 32.1. The van der Waals surface area contributed by atoms with Crippen LogP contribution < -0.4 is 0 Å². The van der Waals surface area contributed by atoms with Gasteiger partial charge in [-0.25, -0.2) is 0 Å². The van der Waals surface area contributed by atoms with Crippen LogP contribution in [-0.4, -0.2) is 43.6 Å². The third-order valence-electron chi connectivity index (χ3n) is 4.49. The predicted molar refractivity (Wildman–Crippen MR) is 85.5 cm³/mol. The summed E-state index contributed by atoms with van der Waals surface area (Å²) in [5.41, 5.74) is 0.706. The molecule has 7 nitrogen and oxygen atoms in total. The van der Waals surface area contributed by atoms with Crippen LogP contribution in [0.1, 0.15) is 72.0 Å². The van der Waals surface area contributed by atoms with Crippen molar-refractivity contribution in [3.8, 4) is 0 Å². The molecule has 3 heterocycles. The van der Waals surface area contributed by atoms with E-state index in [2.05, 4.69) is 33.6 Å². The van der Waals surface area contributed by atoms with Crippen LogP contribution in [0.4, 0.5) is 0 Å². The fraction of sp³-hybridized carbons (Fsp3) is 0.667. The van der Waals surface area contributed by atoms with Crippen molar-refractivity contribution in [2.75, 3.05) is 13.1 Å². The van der Waals surface area contributed by atoms with Crippen LogP contribution >= 0.6 is 11.5 Å². The number of hydrogen-bond donors (Lipinski definition) is 0. The molecule has 1 atom stereocenters. The minimum Gasteiger partial charge on any atom is -0.339 e. The summed E-state index contributed by atoms with van der Waals surface area (Å²) in [6, 6.07) is 0. The molecule has 2 aromatic heterocycles. The minimum atomic E-state index is 0.0294. The van der Waals surface area contributed by atoms with Crippen molar-refractivity contribution in [1.82, 2.24) is 24.6 Å². The first-order chi connectivity index (χ1) is 11.1. The zero-order valence-corrected chi connectivity index (χ0v) is 14.5. The molecular formula is C15H21N5O2S. The fourth-order valence-electron chi connectivity index (χ4n) is 2.70. The summed E-state index contributed by atoms with van der Waals surface area (Å²) in [4.78, 5) is 19.5. The van der Waals surface area contributed by atoms with E-state index >= 15 is 0 Å². The van der Waals surface area contributed by atoms with Crippen molar-refractivity contribution in [2.24, 2.45) is 0 Å². The summed E-state index contributed by atoms with van der Waals surface area (Å²) in [6.45, 7) is 7.42. The molecule has 1 amide bonds. The molecule has 1 saturated heterocycles. The number of nitrogens with zero attached hydrogens (tertiary/aromatic N) is 5. The maximum atomic E-state index is 12.5. The van der Waals surface area contributed by atoms with Crippen LogP contribution in [-0.2, 0) is 0 Å². The standard InChI is InChI=1S/C15H21N5O2S/c1-4-9(2)13-16-14(22-18-13)11-5-7-20(8-6-11)15(21)12-10(3)17-19-23-12/h9,11H,4-8H2,1-3H3/t9-/m0/s1. The van der Waals surface area contributed by atoms with Gasteiger partial charge >= 0.3 is 0 Å². The molecular weight excluding hydrogens is 314 g/mol. The Balaban J connectivity index is 1.61. The first kappa shape index (κ1) is 16.0. The van der Waals surface area contributed by atoms with Crippen molar-refractivity contribution in [3.63, 3.8) is 0 Å². The van der Waals surface area contributed by atoms with Gasteiger partial charge in [-0.3, -0.25) is 4.79 Å². The number of carbonyl (C=O) groups excluding carboxylic acids is 1. The van der Waals surface area contributed by atoms with Crippen molar-refractivity contribution >= 4 is 17.4 Å². The van der Waals surface area contributed by atoms with E-state index in [1.165, 1.54) is 0 Å². The van der Waals surface area contributed by atoms with E-state index in [0.29, 0.717) is 35.5 Å². The molecule has 0 bridgehead atoms. The van der Waals surface area contributed by atoms with Crippen LogP contribution in [0, 0.1) is 6.92 Å². The fourth-order valence-corrected chi connectivity index (χ4v) is 3.32. The minimum absolute atomic E-state index is 0.0294. The number of carbonyl (C=O) groups is 1. The molecule has 1 aliphatic heterocycles. The monoisotopic (exact) mass is 335 g/mol. The maximum absolute atomic E-state index is 12.5. The summed E-state index contributed by atoms with van der Waals surface area (Å²) in [5, 5.41) is 8.00. The number of hydrogen-bond acceptors (Lipinski definition) is 7. The molecule has 3 rings (SSSR count). The number of piperidine rings is 1. The van der Waals surface area contributed by atoms with Gasteiger partial charge in [0.15, 0.2) is 5.82 Å². The molecule has 2 aromatic rings. The number of aryl methyl sites for hydroxylation is 1. The molecule has 124 valence electrons. The van der Waals surface area contributed by atoms with E-state index < -0.39 is 0 Å². The molecule has 0 unspecified atom stereocenters. The van der Waals surface area contributed by atoms with E-state index in [0.717, 1.165) is 36.6 Å². The Morgan fingerprint density at radius 1 is 1.43 bits per heavy atom. The zero-order valence-electron chi connectivity index (χ0n) is 13.7. The third-order valence-corrected chi connectivity index (χ3v) is 5.30. The Labute approximate surface area is 139 Å². The van der Waals surface area contributed by atoms with Crippen LogP contribution in [0.3, 0.4) is 0 Å². The smallest absolute Gasteiger partial charge is 0.267 e. The lowest BCUT2D eigenvalue weighted by atomic mass is 9.96. The highest BCUT2D eigenvalue weighted by Gasteiger charge is 2.29. The molecule has 0 radical (unpaired) electrons. The average molecular weight is 335 g/mol. The van der Waals surface area contributed by atoms with Crippen molar-refractivity contribution in [3.05, 3.63) is 22.3 Å². The second-order valence-electron chi connectivity index (χ2n) is 6.05. The van der Waals surface area contributed by atoms with Crippen molar-refractivity contribution in [1.29, 1.82) is 0 Å². The van der Waals surface area contributed by atoms with Crippen LogP contribution in [0.5, 0.6) is 0 Å². The van der Waals surface area contributed by atoms with Gasteiger partial charge in [0, 0.05) is 24.9 Å². The molecule has 1 fully saturated rings. The number of amides is 1. The number of aromatic nitrogens is 4. The van der Waals surface area contributed by atoms with Crippen molar-refractivity contribution in [2.45, 2.75) is 51.9 Å². The second kappa shape index (κ2) is 6.74. The molecule has 0 N–H and O–H groups in total. The van der Waals surface area contributed by atoms with Gasteiger partial charge in [0.2, 0.25) is 5.89 Å². The van der Waals surface area contributed by atoms with Gasteiger partial charge < -0.3 is 9.42 Å². The van der Waals surface area contributed by atoms with Crippen LogP contribution in [0.25, 0.3) is 0 Å². The maximum Gasteiger partial charge on any atom is 0.267 e. The highest BCUT2D eigenvalue weighted by Crippen LogP contribution is 2.29. The summed E-state index contributed by atoms with van der Waals surface area (Å²) >= 11 is 1.16. The average Bonchev–Trinajstić information content (AvgIpc) is 3.23. The SMILES string of the molecule is CC[C@H](C)c1noc(C2CCN(C(=O)c3snnc3C)CC2)n1. The first-order valence-corrected chi connectivity index (χ1v) is 8.79. The molecule has 23 heavy (non-hydrogen) atoms. The van der Waals surface area contributed by atoms with Gasteiger partial charge in [0.25, 0.3) is 5.91 Å². The van der Waals surface area contributed by atoms with Gasteiger partial charge in [-0.1, -0.05) is 23.5 Å². The molecule has 0 spiro atoms. The number of rotatable bonds is 4. The zero-order chi connectivity index (χ0) is 16.4. The van der Waals surface area contributed by atoms with Gasteiger partial charge in [0.05, 0.1) is 5.69 Å². The van der Waals surface area contributed by atoms with E-state index in [9.17, 15) is 4.79 Å². The Morgan fingerprint density at radius 3 is 2.78 bits per heavy atom. The van der Waals surface area contributed by atoms with E-state index in [-0.39, 0.29) is 11.8 Å². The molecule has 0 saturated carbocycles. The molecule has 8 heteroatoms. The van der Waals surface area contributed by atoms with E-state index in [1.807, 2.05) is 11.8 Å². The Bertz CT molecular complexity index is 675. The van der Waals surface area contributed by atoms with E-state index in [1.54, 1.807) is 0 Å². The normalized spacial score (nSPS) is 17.4. The Hall–Kier alpha value is -1.83. The van der Waals surface area contributed by atoms with E-state index in [4.69, 9.17) is 4.52 Å². The summed E-state index contributed by atoms with van der Waals surface area (Å²) in [6.07, 6.45) is 2.69. The van der Waals surface area contributed by atoms with Gasteiger partial charge in [-0.15, -0.1) is 5.10 Å². The number of likely N-dealkylation sites (tertiary alicyclic amines) is 1. The van der Waals surface area contributed by atoms with Gasteiger partial charge in [-0.2, -0.15) is 4.98 Å². The quantitative estimate of drug-likeness (QED) is 0.854. The molecule has 0 aliphatic carbocycles. The summed E-state index contributed by atoms with van der Waals surface area (Å²) in [5.74, 6) is 2.08. The lowest BCUT2D eigenvalue weighted by Crippen LogP contribution is -2.37. The summed E-state index contributed by atoms with van der Waals surface area (Å²) < 4.78 is 9.27. The van der Waals surface area contributed by atoms with Gasteiger partial charge in [0.1, 0.15) is 4.88 Å². The largest absolute Gasteiger partial charge is 0.339 e. The highest BCUT2D eigenvalue weighted by molar-refractivity contribution is 7.07. The second-order valence-corrected chi connectivity index (χ2v) is 6.81. The Morgan fingerprint density at radius 2 is 2.17 bits per heavy atom. The summed E-state index contributed by atoms with van der Waals surface area (Å²) in [7, 11) is 0. The molecule has 1 aliphatic rings. The predicted octanol–water partition coefficient (Wildman–Crippen LogP) is 2.76. The Kier molecular flexibility index (Phi) is 4.70. The molecule has 0 aromatic carbocycles. The lowest BCUT2D eigenvalue weighted by Gasteiger charge is -2.30. The topological polar surface area (TPSA) is 85.0 Å². The van der Waals surface area contributed by atoms with Crippen LogP contribution in [0.2, 0.25) is 0 Å². The van der Waals surface area contributed by atoms with Crippen LogP contribution in [0.15, 0.2) is 4.52 Å². The van der Waals surface area contributed by atoms with Gasteiger partial charge in [-0.05, 0) is 37.7 Å². The first-order valence-electron chi connectivity index (χ1n) is 8.01. The van der Waals surface area contributed by atoms with Crippen molar-refractivity contribution < 1.29 is 9.32 Å². The lowest BCUT2D eigenvalue weighted by molar-refractivity contribution is 0.0708. The third kappa shape index (κ3) is 3.26.